The minimum absolute atomic E-state index is 0.626. The van der Waals surface area contributed by atoms with Crippen LogP contribution in [0.3, 0.4) is 0 Å². The predicted molar refractivity (Wildman–Crippen MR) is 87.7 cm³/mol. The molecule has 0 bridgehead atoms. The molecule has 2 aliphatic rings. The lowest BCUT2D eigenvalue weighted by Gasteiger charge is -2.31. The van der Waals surface area contributed by atoms with Gasteiger partial charge in [-0.1, -0.05) is 6.07 Å². The number of fused-ring (bicyclic) bond motifs is 2. The molecule has 1 aromatic carbocycles. The van der Waals surface area contributed by atoms with Crippen molar-refractivity contribution in [1.29, 1.82) is 0 Å². The van der Waals surface area contributed by atoms with E-state index < -0.39 is 6.17 Å². The van der Waals surface area contributed by atoms with Crippen molar-refractivity contribution >= 4 is 17.2 Å². The fourth-order valence-corrected chi connectivity index (χ4v) is 3.36. The molecule has 1 N–H and O–H groups in total. The third-order valence-electron chi connectivity index (χ3n) is 4.69. The fourth-order valence-electron chi connectivity index (χ4n) is 3.36. The van der Waals surface area contributed by atoms with Crippen LogP contribution in [-0.4, -0.2) is 24.2 Å². The van der Waals surface area contributed by atoms with E-state index >= 15 is 0 Å². The van der Waals surface area contributed by atoms with Crippen molar-refractivity contribution in [3.05, 3.63) is 47.7 Å². The largest absolute Gasteiger partial charge is 0.371 e. The normalized spacial score (nSPS) is 18.1. The quantitative estimate of drug-likeness (QED) is 0.866. The van der Waals surface area contributed by atoms with Crippen LogP contribution in [0, 0.1) is 0 Å². The number of hydrogen-bond donors (Lipinski definition) is 1. The molecule has 0 unspecified atom stereocenters. The molecule has 0 atom stereocenters. The standard InChI is InChI=1S/C18H20FN3/c19-15-7-10-22(11-8-15)16-5-6-17-14(12-16)4-3-13-2-1-9-20-18(13)21-17/h1-2,5-6,9,12,15H,3-4,7-8,10-11H2,(H,20,21). The number of anilines is 3. The third kappa shape index (κ3) is 2.54. The summed E-state index contributed by atoms with van der Waals surface area (Å²) in [6, 6.07) is 10.7. The first kappa shape index (κ1) is 13.6. The number of rotatable bonds is 1. The zero-order chi connectivity index (χ0) is 14.9. The number of nitrogens with zero attached hydrogens (tertiary/aromatic N) is 2. The van der Waals surface area contributed by atoms with Gasteiger partial charge in [-0.15, -0.1) is 0 Å². The Kier molecular flexibility index (Phi) is 3.45. The first-order valence-corrected chi connectivity index (χ1v) is 8.02. The lowest BCUT2D eigenvalue weighted by Crippen LogP contribution is -2.34. The number of halogens is 1. The summed E-state index contributed by atoms with van der Waals surface area (Å²) in [5.74, 6) is 0.965. The van der Waals surface area contributed by atoms with Gasteiger partial charge in [-0.3, -0.25) is 0 Å². The molecule has 114 valence electrons. The zero-order valence-corrected chi connectivity index (χ0v) is 12.6. The summed E-state index contributed by atoms with van der Waals surface area (Å²) < 4.78 is 13.3. The second kappa shape index (κ2) is 5.59. The van der Waals surface area contributed by atoms with Crippen molar-refractivity contribution in [2.45, 2.75) is 31.9 Å². The number of piperidine rings is 1. The Morgan fingerprint density at radius 3 is 2.77 bits per heavy atom. The molecule has 4 heteroatoms. The molecule has 2 aromatic rings. The van der Waals surface area contributed by atoms with Crippen LogP contribution in [0.15, 0.2) is 36.5 Å². The molecule has 0 aliphatic carbocycles. The molecule has 0 saturated carbocycles. The highest BCUT2D eigenvalue weighted by atomic mass is 19.1. The smallest absolute Gasteiger partial charge is 0.133 e. The second-order valence-corrected chi connectivity index (χ2v) is 6.14. The molecule has 1 saturated heterocycles. The summed E-state index contributed by atoms with van der Waals surface area (Å²) in [6.45, 7) is 1.63. The van der Waals surface area contributed by atoms with Gasteiger partial charge in [0.2, 0.25) is 0 Å². The van der Waals surface area contributed by atoms with Crippen molar-refractivity contribution in [2.75, 3.05) is 23.3 Å². The topological polar surface area (TPSA) is 28.2 Å². The van der Waals surface area contributed by atoms with Gasteiger partial charge in [-0.2, -0.15) is 0 Å². The number of benzene rings is 1. The summed E-state index contributed by atoms with van der Waals surface area (Å²) >= 11 is 0. The highest BCUT2D eigenvalue weighted by molar-refractivity contribution is 5.68. The average molecular weight is 297 g/mol. The Balaban J connectivity index is 1.60. The molecule has 0 spiro atoms. The molecule has 1 aromatic heterocycles. The minimum atomic E-state index is -0.626. The molecule has 2 aliphatic heterocycles. The predicted octanol–water partition coefficient (Wildman–Crippen LogP) is 3.86. The van der Waals surface area contributed by atoms with Crippen molar-refractivity contribution in [3.8, 4) is 0 Å². The molecule has 0 radical (unpaired) electrons. The van der Waals surface area contributed by atoms with Crippen LogP contribution in [0.25, 0.3) is 0 Å². The van der Waals surface area contributed by atoms with Gasteiger partial charge in [0.25, 0.3) is 0 Å². The van der Waals surface area contributed by atoms with Crippen LogP contribution in [0.5, 0.6) is 0 Å². The van der Waals surface area contributed by atoms with Gasteiger partial charge >= 0.3 is 0 Å². The van der Waals surface area contributed by atoms with E-state index in [4.69, 9.17) is 0 Å². The Hall–Kier alpha value is -2.10. The van der Waals surface area contributed by atoms with E-state index in [1.165, 1.54) is 16.8 Å². The highest BCUT2D eigenvalue weighted by Gasteiger charge is 2.20. The van der Waals surface area contributed by atoms with E-state index in [1.807, 2.05) is 12.3 Å². The van der Waals surface area contributed by atoms with Gasteiger partial charge in [-0.05, 0) is 61.1 Å². The van der Waals surface area contributed by atoms with Gasteiger partial charge in [-0.25, -0.2) is 9.37 Å². The van der Waals surface area contributed by atoms with Gasteiger partial charge in [0.1, 0.15) is 12.0 Å². The van der Waals surface area contributed by atoms with E-state index in [1.54, 1.807) is 0 Å². The van der Waals surface area contributed by atoms with Crippen molar-refractivity contribution in [2.24, 2.45) is 0 Å². The minimum Gasteiger partial charge on any atom is -0.371 e. The maximum absolute atomic E-state index is 13.3. The number of aromatic nitrogens is 1. The SMILES string of the molecule is FC1CCN(c2ccc3c(c2)CCc2cccnc2N3)CC1. The van der Waals surface area contributed by atoms with Crippen LogP contribution in [0.2, 0.25) is 0 Å². The Morgan fingerprint density at radius 1 is 1.09 bits per heavy atom. The molecule has 0 amide bonds. The Labute approximate surface area is 130 Å². The van der Waals surface area contributed by atoms with Gasteiger partial charge < -0.3 is 10.2 Å². The van der Waals surface area contributed by atoms with Crippen LogP contribution >= 0.6 is 0 Å². The lowest BCUT2D eigenvalue weighted by atomic mass is 10.0. The molecule has 4 rings (SSSR count). The first-order valence-electron chi connectivity index (χ1n) is 8.02. The summed E-state index contributed by atoms with van der Waals surface area (Å²) in [4.78, 5) is 6.73. The second-order valence-electron chi connectivity index (χ2n) is 6.14. The number of aryl methyl sites for hydroxylation is 2. The van der Waals surface area contributed by atoms with Crippen LogP contribution < -0.4 is 10.2 Å². The van der Waals surface area contributed by atoms with Crippen molar-refractivity contribution in [3.63, 3.8) is 0 Å². The summed E-state index contributed by atoms with van der Waals surface area (Å²) in [5, 5.41) is 3.45. The maximum atomic E-state index is 13.3. The molecular weight excluding hydrogens is 277 g/mol. The van der Waals surface area contributed by atoms with E-state index in [-0.39, 0.29) is 0 Å². The number of pyridine rings is 1. The molecule has 3 nitrogen and oxygen atoms in total. The van der Waals surface area contributed by atoms with E-state index in [9.17, 15) is 4.39 Å². The monoisotopic (exact) mass is 297 g/mol. The van der Waals surface area contributed by atoms with Crippen LogP contribution in [0.4, 0.5) is 21.6 Å². The van der Waals surface area contributed by atoms with Crippen molar-refractivity contribution < 1.29 is 4.39 Å². The summed E-state index contributed by atoms with van der Waals surface area (Å²) in [6.07, 6.45) is 4.49. The van der Waals surface area contributed by atoms with Gasteiger partial charge in [0.15, 0.2) is 0 Å². The summed E-state index contributed by atoms with van der Waals surface area (Å²) in [5.41, 5.74) is 4.93. The van der Waals surface area contributed by atoms with Crippen molar-refractivity contribution in [1.82, 2.24) is 4.98 Å². The summed E-state index contributed by atoms with van der Waals surface area (Å²) in [7, 11) is 0. The molecule has 22 heavy (non-hydrogen) atoms. The maximum Gasteiger partial charge on any atom is 0.133 e. The highest BCUT2D eigenvalue weighted by Crippen LogP contribution is 2.32. The van der Waals surface area contributed by atoms with Gasteiger partial charge in [0, 0.05) is 30.7 Å². The van der Waals surface area contributed by atoms with E-state index in [2.05, 4.69) is 39.5 Å². The molecule has 3 heterocycles. The van der Waals surface area contributed by atoms with Crippen LogP contribution in [-0.2, 0) is 12.8 Å². The lowest BCUT2D eigenvalue weighted by molar-refractivity contribution is 0.277. The third-order valence-corrected chi connectivity index (χ3v) is 4.69. The fraction of sp³-hybridized carbons (Fsp3) is 0.389. The Morgan fingerprint density at radius 2 is 1.91 bits per heavy atom. The Bertz CT molecular complexity index is 678. The zero-order valence-electron chi connectivity index (χ0n) is 12.6. The number of nitrogens with one attached hydrogen (secondary N) is 1. The van der Waals surface area contributed by atoms with E-state index in [0.29, 0.717) is 12.8 Å². The molecular formula is C18H20FN3. The van der Waals surface area contributed by atoms with E-state index in [0.717, 1.165) is 37.4 Å². The average Bonchev–Trinajstić information content (AvgIpc) is 2.74. The van der Waals surface area contributed by atoms with Gasteiger partial charge in [0.05, 0.1) is 0 Å². The molecule has 1 fully saturated rings. The number of hydrogen-bond acceptors (Lipinski definition) is 3. The van der Waals surface area contributed by atoms with Crippen LogP contribution in [0.1, 0.15) is 24.0 Å². The number of alkyl halides is 1. The first-order chi connectivity index (χ1) is 10.8.